The minimum absolute atomic E-state index is 0.187. The third-order valence-corrected chi connectivity index (χ3v) is 3.49. The number of pyridine rings is 1. The molecule has 1 N–H and O–H groups in total. The average Bonchev–Trinajstić information content (AvgIpc) is 2.86. The molecule has 5 nitrogen and oxygen atoms in total. The Morgan fingerprint density at radius 1 is 1.39 bits per heavy atom. The van der Waals surface area contributed by atoms with Gasteiger partial charge in [0.2, 0.25) is 0 Å². The number of rotatable bonds is 4. The molecule has 23 heavy (non-hydrogen) atoms. The molecule has 0 unspecified atom stereocenters. The third kappa shape index (κ3) is 3.22. The minimum Gasteiger partial charge on any atom is -0.478 e. The van der Waals surface area contributed by atoms with Gasteiger partial charge in [-0.3, -0.25) is 9.67 Å². The van der Waals surface area contributed by atoms with Gasteiger partial charge in [-0.25, -0.2) is 9.18 Å². The van der Waals surface area contributed by atoms with Crippen LogP contribution >= 0.6 is 11.6 Å². The maximum absolute atomic E-state index is 14.0. The van der Waals surface area contributed by atoms with Crippen molar-refractivity contribution in [3.8, 4) is 0 Å². The topological polar surface area (TPSA) is 68.0 Å². The number of carboxylic acids is 1. The highest BCUT2D eigenvalue weighted by Gasteiger charge is 2.12. The lowest BCUT2D eigenvalue weighted by atomic mass is 10.2. The Morgan fingerprint density at radius 2 is 2.22 bits per heavy atom. The quantitative estimate of drug-likeness (QED) is 0.744. The van der Waals surface area contributed by atoms with E-state index in [1.54, 1.807) is 35.1 Å². The van der Waals surface area contributed by atoms with Gasteiger partial charge in [0.05, 0.1) is 12.1 Å². The summed E-state index contributed by atoms with van der Waals surface area (Å²) >= 11 is 5.75. The van der Waals surface area contributed by atoms with Gasteiger partial charge in [-0.15, -0.1) is 0 Å². The molecule has 0 aliphatic carbocycles. The van der Waals surface area contributed by atoms with Gasteiger partial charge in [-0.2, -0.15) is 5.10 Å². The van der Waals surface area contributed by atoms with Crippen molar-refractivity contribution in [2.24, 2.45) is 0 Å². The van der Waals surface area contributed by atoms with Crippen molar-refractivity contribution in [3.63, 3.8) is 0 Å². The minimum atomic E-state index is -1.08. The lowest BCUT2D eigenvalue weighted by molar-refractivity contribution is -0.131. The molecule has 0 saturated carbocycles. The number of aromatic nitrogens is 3. The highest BCUT2D eigenvalue weighted by atomic mass is 35.5. The molecule has 0 aliphatic heterocycles. The van der Waals surface area contributed by atoms with Gasteiger partial charge < -0.3 is 5.11 Å². The van der Waals surface area contributed by atoms with Crippen LogP contribution in [-0.4, -0.2) is 25.8 Å². The van der Waals surface area contributed by atoms with Crippen LogP contribution in [0.1, 0.15) is 11.3 Å². The van der Waals surface area contributed by atoms with E-state index in [4.69, 9.17) is 16.7 Å². The third-order valence-electron chi connectivity index (χ3n) is 3.25. The fourth-order valence-electron chi connectivity index (χ4n) is 2.23. The molecule has 0 fully saturated rings. The summed E-state index contributed by atoms with van der Waals surface area (Å²) in [6.45, 7) is 0.187. The maximum atomic E-state index is 14.0. The summed E-state index contributed by atoms with van der Waals surface area (Å²) in [7, 11) is 0. The molecule has 0 bridgehead atoms. The van der Waals surface area contributed by atoms with Crippen molar-refractivity contribution in [1.82, 2.24) is 14.8 Å². The summed E-state index contributed by atoms with van der Waals surface area (Å²) in [6.07, 6.45) is 3.95. The van der Waals surface area contributed by atoms with Gasteiger partial charge >= 0.3 is 5.97 Å². The van der Waals surface area contributed by atoms with Gasteiger partial charge in [-0.05, 0) is 30.3 Å². The SMILES string of the molecule is O=C(O)/C=C/c1nn(Cc2ccc(Cl)cc2F)c2cccnc12. The van der Waals surface area contributed by atoms with E-state index in [1.165, 1.54) is 12.1 Å². The number of hydrogen-bond donors (Lipinski definition) is 1. The maximum Gasteiger partial charge on any atom is 0.328 e. The number of benzene rings is 1. The van der Waals surface area contributed by atoms with Crippen molar-refractivity contribution in [2.75, 3.05) is 0 Å². The first-order chi connectivity index (χ1) is 11.0. The molecule has 0 spiro atoms. The lowest BCUT2D eigenvalue weighted by Gasteiger charge is -2.05. The van der Waals surface area contributed by atoms with Crippen LogP contribution in [0.2, 0.25) is 5.02 Å². The van der Waals surface area contributed by atoms with Crippen LogP contribution in [0.15, 0.2) is 42.6 Å². The predicted octanol–water partition coefficient (Wildman–Crippen LogP) is 3.37. The first-order valence-corrected chi connectivity index (χ1v) is 7.09. The summed E-state index contributed by atoms with van der Waals surface area (Å²) in [5.74, 6) is -1.50. The summed E-state index contributed by atoms with van der Waals surface area (Å²) in [5.41, 5.74) is 2.08. The van der Waals surface area contributed by atoms with E-state index in [9.17, 15) is 9.18 Å². The molecule has 1 aromatic carbocycles. The highest BCUT2D eigenvalue weighted by molar-refractivity contribution is 6.30. The Labute approximate surface area is 135 Å². The number of nitrogens with zero attached hydrogens (tertiary/aromatic N) is 3. The first-order valence-electron chi connectivity index (χ1n) is 6.71. The molecule has 0 radical (unpaired) electrons. The molecule has 0 amide bonds. The van der Waals surface area contributed by atoms with E-state index >= 15 is 0 Å². The molecule has 3 rings (SSSR count). The van der Waals surface area contributed by atoms with E-state index < -0.39 is 11.8 Å². The van der Waals surface area contributed by atoms with Crippen LogP contribution in [0.25, 0.3) is 17.1 Å². The second-order valence-corrected chi connectivity index (χ2v) is 5.26. The molecular formula is C16H11ClFN3O2. The Hall–Kier alpha value is -2.73. The lowest BCUT2D eigenvalue weighted by Crippen LogP contribution is -2.04. The monoisotopic (exact) mass is 331 g/mol. The van der Waals surface area contributed by atoms with Crippen LogP contribution in [0.3, 0.4) is 0 Å². The van der Waals surface area contributed by atoms with Crippen molar-refractivity contribution < 1.29 is 14.3 Å². The largest absolute Gasteiger partial charge is 0.478 e. The molecular weight excluding hydrogens is 321 g/mol. The second kappa shape index (κ2) is 6.18. The molecule has 2 heterocycles. The standard InChI is InChI=1S/C16H11ClFN3O2/c17-11-4-3-10(12(18)8-11)9-21-14-2-1-7-19-16(14)13(20-21)5-6-15(22)23/h1-8H,9H2,(H,22,23)/b6-5+. The Bertz CT molecular complexity index is 921. The van der Waals surface area contributed by atoms with Crippen molar-refractivity contribution in [3.05, 3.63) is 64.7 Å². The Balaban J connectivity index is 2.05. The Morgan fingerprint density at radius 3 is 2.96 bits per heavy atom. The smallest absolute Gasteiger partial charge is 0.328 e. The van der Waals surface area contributed by atoms with Gasteiger partial charge in [0.1, 0.15) is 17.0 Å². The number of hydrogen-bond acceptors (Lipinski definition) is 3. The van der Waals surface area contributed by atoms with Crippen LogP contribution < -0.4 is 0 Å². The second-order valence-electron chi connectivity index (χ2n) is 4.82. The number of fused-ring (bicyclic) bond motifs is 1. The number of aliphatic carboxylic acids is 1. The molecule has 116 valence electrons. The summed E-state index contributed by atoms with van der Waals surface area (Å²) < 4.78 is 15.5. The van der Waals surface area contributed by atoms with E-state index in [2.05, 4.69) is 10.1 Å². The van der Waals surface area contributed by atoms with Crippen molar-refractivity contribution >= 4 is 34.7 Å². The summed E-state index contributed by atoms with van der Waals surface area (Å²) in [4.78, 5) is 14.9. The predicted molar refractivity (Wildman–Crippen MR) is 84.7 cm³/mol. The fourth-order valence-corrected chi connectivity index (χ4v) is 2.39. The van der Waals surface area contributed by atoms with Gasteiger partial charge in [0.25, 0.3) is 0 Å². The molecule has 7 heteroatoms. The summed E-state index contributed by atoms with van der Waals surface area (Å²) in [6, 6.07) is 7.97. The highest BCUT2D eigenvalue weighted by Crippen LogP contribution is 2.20. The molecule has 2 aromatic heterocycles. The van der Waals surface area contributed by atoms with Gasteiger partial charge in [0, 0.05) is 22.9 Å². The molecule has 0 saturated heterocycles. The van der Waals surface area contributed by atoms with Gasteiger partial charge in [-0.1, -0.05) is 17.7 Å². The first kappa shape index (κ1) is 15.2. The zero-order valence-corrected chi connectivity index (χ0v) is 12.5. The van der Waals surface area contributed by atoms with Crippen LogP contribution in [0.4, 0.5) is 4.39 Å². The van der Waals surface area contributed by atoms with Crippen LogP contribution in [-0.2, 0) is 11.3 Å². The molecule has 0 atom stereocenters. The van der Waals surface area contributed by atoms with E-state index in [0.717, 1.165) is 6.08 Å². The number of halogens is 2. The fraction of sp³-hybridized carbons (Fsp3) is 0.0625. The van der Waals surface area contributed by atoms with Gasteiger partial charge in [0.15, 0.2) is 0 Å². The number of carboxylic acid groups (broad SMARTS) is 1. The average molecular weight is 332 g/mol. The molecule has 3 aromatic rings. The Kier molecular flexibility index (Phi) is 4.08. The summed E-state index contributed by atoms with van der Waals surface area (Å²) in [5, 5.41) is 13.4. The van der Waals surface area contributed by atoms with Crippen LogP contribution in [0, 0.1) is 5.82 Å². The van der Waals surface area contributed by atoms with E-state index in [1.807, 2.05) is 0 Å². The van der Waals surface area contributed by atoms with Crippen LogP contribution in [0.5, 0.6) is 0 Å². The zero-order chi connectivity index (χ0) is 16.4. The van der Waals surface area contributed by atoms with Crippen molar-refractivity contribution in [2.45, 2.75) is 6.54 Å². The zero-order valence-electron chi connectivity index (χ0n) is 11.8. The van der Waals surface area contributed by atoms with E-state index in [-0.39, 0.29) is 6.54 Å². The van der Waals surface area contributed by atoms with Crippen molar-refractivity contribution in [1.29, 1.82) is 0 Å². The molecule has 0 aliphatic rings. The number of carbonyl (C=O) groups is 1. The normalized spacial score (nSPS) is 11.4. The van der Waals surface area contributed by atoms with E-state index in [0.29, 0.717) is 27.3 Å².